The molecule has 0 aliphatic heterocycles. The van der Waals surface area contributed by atoms with Gasteiger partial charge in [0.15, 0.2) is 0 Å². The molecular weight excluding hydrogens is 288 g/mol. The van der Waals surface area contributed by atoms with Gasteiger partial charge in [0, 0.05) is 5.56 Å². The van der Waals surface area contributed by atoms with Crippen molar-refractivity contribution in [1.82, 2.24) is 0 Å². The number of thiophene rings is 1. The molecule has 0 aliphatic carbocycles. The zero-order valence-electron chi connectivity index (χ0n) is 7.72. The lowest BCUT2D eigenvalue weighted by atomic mass is 10.2. The predicted octanol–water partition coefficient (Wildman–Crippen LogP) is 3.67. The second-order valence-electron chi connectivity index (χ2n) is 2.93. The zero-order valence-corrected chi connectivity index (χ0v) is 10.1. The Morgan fingerprint density at radius 2 is 2.06 bits per heavy atom. The smallest absolute Gasteiger partial charge is 0.386 e. The average Bonchev–Trinajstić information content (AvgIpc) is 2.43. The molecule has 1 atom stereocenters. The van der Waals surface area contributed by atoms with Crippen molar-refractivity contribution in [3.8, 4) is 0 Å². The molecule has 0 bridgehead atoms. The molecular formula is C8H7Cl2F3O2S. The zero-order chi connectivity index (χ0) is 12.3. The lowest BCUT2D eigenvalue weighted by Gasteiger charge is -2.11. The molecule has 2 nitrogen and oxygen atoms in total. The third kappa shape index (κ3) is 4.47. The summed E-state index contributed by atoms with van der Waals surface area (Å²) in [7, 11) is 0. The van der Waals surface area contributed by atoms with E-state index in [1.165, 1.54) is 6.07 Å². The lowest BCUT2D eigenvalue weighted by molar-refractivity contribution is -0.179. The Balaban J connectivity index is 2.47. The van der Waals surface area contributed by atoms with E-state index >= 15 is 0 Å². The molecule has 0 saturated heterocycles. The minimum Gasteiger partial charge on any atom is -0.386 e. The van der Waals surface area contributed by atoms with Crippen LogP contribution in [0.1, 0.15) is 11.7 Å². The van der Waals surface area contributed by atoms with E-state index in [9.17, 15) is 18.3 Å². The summed E-state index contributed by atoms with van der Waals surface area (Å²) in [5.74, 6) is 0. The van der Waals surface area contributed by atoms with Crippen LogP contribution >= 0.6 is 34.5 Å². The van der Waals surface area contributed by atoms with Gasteiger partial charge in [0.05, 0.1) is 10.9 Å². The van der Waals surface area contributed by atoms with Gasteiger partial charge in [0.2, 0.25) is 0 Å². The first-order chi connectivity index (χ1) is 7.29. The van der Waals surface area contributed by atoms with Crippen LogP contribution in [0.2, 0.25) is 8.67 Å². The van der Waals surface area contributed by atoms with Gasteiger partial charge >= 0.3 is 6.18 Å². The summed E-state index contributed by atoms with van der Waals surface area (Å²) in [4.78, 5) is 0. The molecule has 0 radical (unpaired) electrons. The maximum absolute atomic E-state index is 11.7. The maximum Gasteiger partial charge on any atom is 0.411 e. The van der Waals surface area contributed by atoms with Gasteiger partial charge in [-0.25, -0.2) is 0 Å². The van der Waals surface area contributed by atoms with Gasteiger partial charge in [-0.05, 0) is 6.07 Å². The van der Waals surface area contributed by atoms with Crippen molar-refractivity contribution in [1.29, 1.82) is 0 Å². The number of aliphatic hydroxyl groups excluding tert-OH is 1. The van der Waals surface area contributed by atoms with E-state index < -0.39 is 25.5 Å². The Hall–Kier alpha value is -0.0100. The summed E-state index contributed by atoms with van der Waals surface area (Å²) in [6.45, 7) is -1.88. The number of alkyl halides is 3. The molecule has 0 fully saturated rings. The largest absolute Gasteiger partial charge is 0.411 e. The predicted molar refractivity (Wildman–Crippen MR) is 56.2 cm³/mol. The van der Waals surface area contributed by atoms with Crippen LogP contribution in [0.15, 0.2) is 6.07 Å². The number of hydrogen-bond acceptors (Lipinski definition) is 3. The fourth-order valence-corrected chi connectivity index (χ4v) is 2.52. The third-order valence-corrected chi connectivity index (χ3v) is 3.10. The fourth-order valence-electron chi connectivity index (χ4n) is 0.956. The highest BCUT2D eigenvalue weighted by molar-refractivity contribution is 7.20. The van der Waals surface area contributed by atoms with Gasteiger partial charge in [-0.3, -0.25) is 0 Å². The molecule has 8 heteroatoms. The normalized spacial score (nSPS) is 14.1. The summed E-state index contributed by atoms with van der Waals surface area (Å²) in [5, 5.41) is 9.48. The van der Waals surface area contributed by atoms with Gasteiger partial charge in [0.1, 0.15) is 17.0 Å². The van der Waals surface area contributed by atoms with Crippen LogP contribution in [-0.2, 0) is 4.74 Å². The summed E-state index contributed by atoms with van der Waals surface area (Å²) in [6.07, 6.45) is -5.62. The molecule has 1 unspecified atom stereocenters. The number of halogens is 5. The van der Waals surface area contributed by atoms with Crippen molar-refractivity contribution in [2.45, 2.75) is 12.3 Å². The monoisotopic (exact) mass is 294 g/mol. The lowest BCUT2D eigenvalue weighted by Crippen LogP contribution is -2.19. The van der Waals surface area contributed by atoms with Crippen LogP contribution in [0.3, 0.4) is 0 Å². The van der Waals surface area contributed by atoms with Crippen molar-refractivity contribution in [3.05, 3.63) is 20.3 Å². The van der Waals surface area contributed by atoms with E-state index in [-0.39, 0.29) is 9.90 Å². The van der Waals surface area contributed by atoms with Gasteiger partial charge in [-0.1, -0.05) is 23.2 Å². The standard InChI is InChI=1S/C8H7Cl2F3O2S/c9-6-1-4(7(10)16-6)5(14)2-15-3-8(11,12)13/h1,5,14H,2-3H2. The van der Waals surface area contributed by atoms with Crippen LogP contribution in [0.25, 0.3) is 0 Å². The molecule has 0 spiro atoms. The van der Waals surface area contributed by atoms with Gasteiger partial charge in [-0.15, -0.1) is 11.3 Å². The van der Waals surface area contributed by atoms with E-state index in [0.29, 0.717) is 4.34 Å². The van der Waals surface area contributed by atoms with E-state index in [1.54, 1.807) is 0 Å². The molecule has 1 aromatic rings. The van der Waals surface area contributed by atoms with E-state index in [2.05, 4.69) is 4.74 Å². The minimum absolute atomic E-state index is 0.244. The second kappa shape index (κ2) is 5.55. The molecule has 1 rings (SSSR count). The first-order valence-corrected chi connectivity index (χ1v) is 5.64. The highest BCUT2D eigenvalue weighted by Gasteiger charge is 2.28. The Morgan fingerprint density at radius 3 is 2.50 bits per heavy atom. The summed E-state index contributed by atoms with van der Waals surface area (Å²) < 4.78 is 40.1. The minimum atomic E-state index is -4.41. The summed E-state index contributed by atoms with van der Waals surface area (Å²) >= 11 is 12.4. The third-order valence-electron chi connectivity index (χ3n) is 1.58. The topological polar surface area (TPSA) is 29.5 Å². The molecule has 0 saturated carbocycles. The number of rotatable bonds is 4. The van der Waals surface area contributed by atoms with E-state index in [4.69, 9.17) is 23.2 Å². The van der Waals surface area contributed by atoms with Crippen LogP contribution in [0, 0.1) is 0 Å². The molecule has 1 heterocycles. The van der Waals surface area contributed by atoms with Crippen molar-refractivity contribution in [2.75, 3.05) is 13.2 Å². The van der Waals surface area contributed by atoms with Crippen molar-refractivity contribution >= 4 is 34.5 Å². The number of hydrogen-bond donors (Lipinski definition) is 1. The van der Waals surface area contributed by atoms with Crippen molar-refractivity contribution in [2.24, 2.45) is 0 Å². The Labute approximate surface area is 104 Å². The van der Waals surface area contributed by atoms with Crippen molar-refractivity contribution in [3.63, 3.8) is 0 Å². The first kappa shape index (κ1) is 14.1. The van der Waals surface area contributed by atoms with Crippen LogP contribution in [-0.4, -0.2) is 24.5 Å². The quantitative estimate of drug-likeness (QED) is 0.918. The summed E-state index contributed by atoms with van der Waals surface area (Å²) in [5.41, 5.74) is 0.277. The summed E-state index contributed by atoms with van der Waals surface area (Å²) in [6, 6.07) is 1.40. The second-order valence-corrected chi connectivity index (χ2v) is 5.21. The molecule has 1 N–H and O–H groups in total. The first-order valence-electron chi connectivity index (χ1n) is 4.07. The number of aliphatic hydroxyl groups is 1. The molecule has 1 aromatic heterocycles. The van der Waals surface area contributed by atoms with Crippen LogP contribution in [0.4, 0.5) is 13.2 Å². The molecule has 0 aliphatic rings. The molecule has 16 heavy (non-hydrogen) atoms. The van der Waals surface area contributed by atoms with E-state index in [1.807, 2.05) is 0 Å². The van der Waals surface area contributed by atoms with Gasteiger partial charge < -0.3 is 9.84 Å². The van der Waals surface area contributed by atoms with Gasteiger partial charge in [0.25, 0.3) is 0 Å². The molecule has 92 valence electrons. The Bertz CT molecular complexity index is 354. The number of ether oxygens (including phenoxy) is 1. The highest BCUT2D eigenvalue weighted by atomic mass is 35.5. The fraction of sp³-hybridized carbons (Fsp3) is 0.500. The SMILES string of the molecule is OC(COCC(F)(F)F)c1cc(Cl)sc1Cl. The van der Waals surface area contributed by atoms with Crippen molar-refractivity contribution < 1.29 is 23.0 Å². The van der Waals surface area contributed by atoms with Crippen LogP contribution < -0.4 is 0 Å². The Morgan fingerprint density at radius 1 is 1.44 bits per heavy atom. The van der Waals surface area contributed by atoms with E-state index in [0.717, 1.165) is 11.3 Å². The molecule has 0 amide bonds. The van der Waals surface area contributed by atoms with Crippen LogP contribution in [0.5, 0.6) is 0 Å². The molecule has 0 aromatic carbocycles. The van der Waals surface area contributed by atoms with Gasteiger partial charge in [-0.2, -0.15) is 13.2 Å². The maximum atomic E-state index is 11.7. The average molecular weight is 295 g/mol. The Kier molecular flexibility index (Phi) is 4.88. The highest BCUT2D eigenvalue weighted by Crippen LogP contribution is 2.35.